The van der Waals surface area contributed by atoms with E-state index in [2.05, 4.69) is 26.6 Å². The molecule has 2 aromatic carbocycles. The first kappa shape index (κ1) is 18.3. The predicted molar refractivity (Wildman–Crippen MR) is 101 cm³/mol. The molecule has 0 saturated heterocycles. The molecule has 26 heavy (non-hydrogen) atoms. The van der Waals surface area contributed by atoms with Crippen LogP contribution in [0.15, 0.2) is 46.9 Å². The van der Waals surface area contributed by atoms with Crippen molar-refractivity contribution >= 4 is 27.7 Å². The Kier molecular flexibility index (Phi) is 6.12. The first-order valence-corrected chi connectivity index (χ1v) is 9.11. The summed E-state index contributed by atoms with van der Waals surface area (Å²) in [5, 5.41) is 5.40. The third-order valence-corrected chi connectivity index (χ3v) is 4.44. The Morgan fingerprint density at radius 3 is 2.62 bits per heavy atom. The van der Waals surface area contributed by atoms with Gasteiger partial charge in [-0.1, -0.05) is 30.3 Å². The molecule has 6 nitrogen and oxygen atoms in total. The van der Waals surface area contributed by atoms with Gasteiger partial charge in [-0.3, -0.25) is 9.59 Å². The molecular formula is C19H19BrN2O4. The summed E-state index contributed by atoms with van der Waals surface area (Å²) in [5.41, 5.74) is 1.55. The molecule has 0 radical (unpaired) electrons. The molecular weight excluding hydrogens is 400 g/mol. The summed E-state index contributed by atoms with van der Waals surface area (Å²) in [6.45, 7) is 1.35. The molecule has 0 aliphatic carbocycles. The number of rotatable bonds is 6. The lowest BCUT2D eigenvalue weighted by Gasteiger charge is -2.20. The number of halogens is 1. The summed E-state index contributed by atoms with van der Waals surface area (Å²) >= 11 is 3.37. The summed E-state index contributed by atoms with van der Waals surface area (Å²) < 4.78 is 11.6. The Morgan fingerprint density at radius 1 is 1.04 bits per heavy atom. The second-order valence-electron chi connectivity index (χ2n) is 5.75. The highest BCUT2D eigenvalue weighted by atomic mass is 79.9. The van der Waals surface area contributed by atoms with Crippen molar-refractivity contribution in [2.24, 2.45) is 0 Å². The third kappa shape index (κ3) is 4.76. The average Bonchev–Trinajstić information content (AvgIpc) is 2.67. The Hall–Kier alpha value is -2.54. The highest BCUT2D eigenvalue weighted by Gasteiger charge is 2.19. The van der Waals surface area contributed by atoms with Crippen molar-refractivity contribution in [2.75, 3.05) is 26.3 Å². The normalized spacial score (nSPS) is 12.3. The molecule has 1 heterocycles. The van der Waals surface area contributed by atoms with Crippen LogP contribution < -0.4 is 20.1 Å². The SMILES string of the molecule is O=C(CNC(=O)c1cc(Br)c2c(c1)OCCO2)NCCc1ccccc1. The second kappa shape index (κ2) is 8.71. The lowest BCUT2D eigenvalue weighted by molar-refractivity contribution is -0.120. The first-order chi connectivity index (χ1) is 12.6. The average molecular weight is 419 g/mol. The zero-order chi connectivity index (χ0) is 18.4. The van der Waals surface area contributed by atoms with Gasteiger partial charge in [-0.15, -0.1) is 0 Å². The number of carbonyl (C=O) groups excluding carboxylic acids is 2. The minimum absolute atomic E-state index is 0.0836. The molecule has 136 valence electrons. The Labute approximate surface area is 160 Å². The highest BCUT2D eigenvalue weighted by Crippen LogP contribution is 2.38. The number of amides is 2. The maximum Gasteiger partial charge on any atom is 0.251 e. The van der Waals surface area contributed by atoms with Gasteiger partial charge in [0.1, 0.15) is 13.2 Å². The van der Waals surface area contributed by atoms with Gasteiger partial charge >= 0.3 is 0 Å². The van der Waals surface area contributed by atoms with Gasteiger partial charge in [0.05, 0.1) is 11.0 Å². The van der Waals surface area contributed by atoms with Gasteiger partial charge in [0.2, 0.25) is 5.91 Å². The fourth-order valence-electron chi connectivity index (χ4n) is 2.56. The van der Waals surface area contributed by atoms with Crippen LogP contribution in [0, 0.1) is 0 Å². The van der Waals surface area contributed by atoms with Crippen molar-refractivity contribution in [1.82, 2.24) is 10.6 Å². The van der Waals surface area contributed by atoms with Crippen LogP contribution in [0.25, 0.3) is 0 Å². The van der Waals surface area contributed by atoms with Gasteiger partial charge in [-0.25, -0.2) is 0 Å². The largest absolute Gasteiger partial charge is 0.486 e. The number of ether oxygens (including phenoxy) is 2. The van der Waals surface area contributed by atoms with Crippen molar-refractivity contribution in [3.05, 3.63) is 58.1 Å². The molecule has 1 aliphatic rings. The van der Waals surface area contributed by atoms with Crippen LogP contribution in [0.3, 0.4) is 0 Å². The van der Waals surface area contributed by atoms with Crippen molar-refractivity contribution in [1.29, 1.82) is 0 Å². The molecule has 0 saturated carbocycles. The number of carbonyl (C=O) groups is 2. The van der Waals surface area contributed by atoms with Crippen LogP contribution in [-0.4, -0.2) is 38.1 Å². The first-order valence-electron chi connectivity index (χ1n) is 8.31. The van der Waals surface area contributed by atoms with Gasteiger partial charge in [0.25, 0.3) is 5.91 Å². The van der Waals surface area contributed by atoms with Gasteiger partial charge < -0.3 is 20.1 Å². The fourth-order valence-corrected chi connectivity index (χ4v) is 3.11. The monoisotopic (exact) mass is 418 g/mol. The zero-order valence-electron chi connectivity index (χ0n) is 14.1. The lowest BCUT2D eigenvalue weighted by Crippen LogP contribution is -2.37. The second-order valence-corrected chi connectivity index (χ2v) is 6.60. The van der Waals surface area contributed by atoms with Crippen LogP contribution in [0.2, 0.25) is 0 Å². The number of fused-ring (bicyclic) bond motifs is 1. The maximum atomic E-state index is 12.3. The lowest BCUT2D eigenvalue weighted by atomic mass is 10.1. The Bertz CT molecular complexity index is 796. The van der Waals surface area contributed by atoms with Crippen LogP contribution in [-0.2, 0) is 11.2 Å². The summed E-state index contributed by atoms with van der Waals surface area (Å²) in [6.07, 6.45) is 0.746. The van der Waals surface area contributed by atoms with Crippen molar-refractivity contribution < 1.29 is 19.1 Å². The molecule has 0 aromatic heterocycles. The molecule has 2 N–H and O–H groups in total. The van der Waals surface area contributed by atoms with E-state index in [9.17, 15) is 9.59 Å². The quantitative estimate of drug-likeness (QED) is 0.754. The van der Waals surface area contributed by atoms with E-state index in [1.165, 1.54) is 0 Å². The number of nitrogens with one attached hydrogen (secondary N) is 2. The molecule has 2 amide bonds. The smallest absolute Gasteiger partial charge is 0.251 e. The van der Waals surface area contributed by atoms with Crippen LogP contribution in [0.1, 0.15) is 15.9 Å². The Balaban J connectivity index is 1.47. The summed E-state index contributed by atoms with van der Waals surface area (Å²) in [5.74, 6) is 0.529. The number of hydrogen-bond acceptors (Lipinski definition) is 4. The van der Waals surface area contributed by atoms with E-state index in [0.717, 1.165) is 12.0 Å². The number of hydrogen-bond donors (Lipinski definition) is 2. The molecule has 7 heteroatoms. The molecule has 0 spiro atoms. The van der Waals surface area contributed by atoms with Crippen molar-refractivity contribution in [2.45, 2.75) is 6.42 Å². The minimum atomic E-state index is -0.346. The van der Waals surface area contributed by atoms with Crippen LogP contribution in [0.5, 0.6) is 11.5 Å². The van der Waals surface area contributed by atoms with Crippen LogP contribution in [0.4, 0.5) is 0 Å². The highest BCUT2D eigenvalue weighted by molar-refractivity contribution is 9.10. The maximum absolute atomic E-state index is 12.3. The fraction of sp³-hybridized carbons (Fsp3) is 0.263. The molecule has 0 fully saturated rings. The molecule has 0 unspecified atom stereocenters. The van der Waals surface area contributed by atoms with Crippen molar-refractivity contribution in [3.8, 4) is 11.5 Å². The van der Waals surface area contributed by atoms with E-state index in [1.807, 2.05) is 30.3 Å². The number of benzene rings is 2. The van der Waals surface area contributed by atoms with E-state index in [1.54, 1.807) is 12.1 Å². The van der Waals surface area contributed by atoms with Gasteiger partial charge in [0, 0.05) is 12.1 Å². The van der Waals surface area contributed by atoms with E-state index in [4.69, 9.17) is 9.47 Å². The zero-order valence-corrected chi connectivity index (χ0v) is 15.7. The van der Waals surface area contributed by atoms with Gasteiger partial charge in [-0.2, -0.15) is 0 Å². The van der Waals surface area contributed by atoms with Gasteiger partial charge in [0.15, 0.2) is 11.5 Å². The molecule has 2 aromatic rings. The van der Waals surface area contributed by atoms with E-state index < -0.39 is 0 Å². The third-order valence-electron chi connectivity index (χ3n) is 3.85. The topological polar surface area (TPSA) is 76.7 Å². The standard InChI is InChI=1S/C19H19BrN2O4/c20-15-10-14(11-16-18(15)26-9-8-25-16)19(24)22-12-17(23)21-7-6-13-4-2-1-3-5-13/h1-5,10-11H,6-9,12H2,(H,21,23)(H,22,24). The molecule has 0 atom stereocenters. The molecule has 0 bridgehead atoms. The van der Waals surface area contributed by atoms with E-state index in [0.29, 0.717) is 41.3 Å². The van der Waals surface area contributed by atoms with E-state index in [-0.39, 0.29) is 18.4 Å². The summed E-state index contributed by atoms with van der Waals surface area (Å²) in [6, 6.07) is 13.2. The molecule has 3 rings (SSSR count). The molecule has 1 aliphatic heterocycles. The predicted octanol–water partition coefficient (Wildman–Crippen LogP) is 2.31. The van der Waals surface area contributed by atoms with E-state index >= 15 is 0 Å². The minimum Gasteiger partial charge on any atom is -0.486 e. The van der Waals surface area contributed by atoms with Gasteiger partial charge in [-0.05, 0) is 40.0 Å². The Morgan fingerprint density at radius 2 is 1.81 bits per heavy atom. The van der Waals surface area contributed by atoms with Crippen LogP contribution >= 0.6 is 15.9 Å². The summed E-state index contributed by atoms with van der Waals surface area (Å²) in [7, 11) is 0. The summed E-state index contributed by atoms with van der Waals surface area (Å²) in [4.78, 5) is 24.2. The van der Waals surface area contributed by atoms with Crippen molar-refractivity contribution in [3.63, 3.8) is 0 Å².